The largest absolute Gasteiger partial charge is 0.508 e. The number of benzene rings is 1. The predicted octanol–water partition coefficient (Wildman–Crippen LogP) is 2.68. The second-order valence-corrected chi connectivity index (χ2v) is 3.08. The van der Waals surface area contributed by atoms with E-state index in [0.29, 0.717) is 5.56 Å². The molecule has 6 heteroatoms. The molecule has 0 spiro atoms. The third-order valence-corrected chi connectivity index (χ3v) is 1.87. The molecule has 0 aliphatic rings. The zero-order valence-electron chi connectivity index (χ0n) is 7.88. The summed E-state index contributed by atoms with van der Waals surface area (Å²) in [6, 6.07) is 1.77. The second-order valence-electron chi connectivity index (χ2n) is 3.08. The van der Waals surface area contributed by atoms with Crippen molar-refractivity contribution >= 4 is 12.4 Å². The van der Waals surface area contributed by atoms with E-state index in [1.807, 2.05) is 0 Å². The van der Waals surface area contributed by atoms with Crippen LogP contribution in [0.15, 0.2) is 18.2 Å². The van der Waals surface area contributed by atoms with Gasteiger partial charge in [0.15, 0.2) is 0 Å². The number of aryl methyl sites for hydroxylation is 1. The lowest BCUT2D eigenvalue weighted by Crippen LogP contribution is -2.28. The van der Waals surface area contributed by atoms with Crippen molar-refractivity contribution in [3.8, 4) is 5.75 Å². The van der Waals surface area contributed by atoms with Gasteiger partial charge in [-0.15, -0.1) is 12.4 Å². The van der Waals surface area contributed by atoms with Crippen LogP contribution in [0.5, 0.6) is 5.75 Å². The van der Waals surface area contributed by atoms with Crippen molar-refractivity contribution in [2.75, 3.05) is 0 Å². The first kappa shape index (κ1) is 14.1. The van der Waals surface area contributed by atoms with Gasteiger partial charge in [-0.1, -0.05) is 12.1 Å². The summed E-state index contributed by atoms with van der Waals surface area (Å²) < 4.78 is 36.5. The molecule has 0 saturated heterocycles. The normalized spacial score (nSPS) is 13.1. The van der Waals surface area contributed by atoms with Crippen LogP contribution in [-0.2, 0) is 0 Å². The van der Waals surface area contributed by atoms with Crippen molar-refractivity contribution in [2.45, 2.75) is 19.1 Å². The molecule has 1 atom stereocenters. The first-order valence-corrected chi connectivity index (χ1v) is 3.94. The molecule has 0 radical (unpaired) electrons. The van der Waals surface area contributed by atoms with Crippen LogP contribution in [0, 0.1) is 6.92 Å². The SMILES string of the molecule is Cc1ccc([C@@H](N)C(F)(F)F)c(O)c1.Cl. The van der Waals surface area contributed by atoms with Gasteiger partial charge in [-0.05, 0) is 18.6 Å². The number of phenols is 1. The minimum Gasteiger partial charge on any atom is -0.508 e. The Morgan fingerprint density at radius 1 is 1.33 bits per heavy atom. The molecule has 1 aromatic carbocycles. The Morgan fingerprint density at radius 2 is 1.87 bits per heavy atom. The average molecular weight is 242 g/mol. The third kappa shape index (κ3) is 3.28. The van der Waals surface area contributed by atoms with Crippen LogP contribution in [0.2, 0.25) is 0 Å². The number of aromatic hydroxyl groups is 1. The minimum absolute atomic E-state index is 0. The lowest BCUT2D eigenvalue weighted by Gasteiger charge is -2.17. The van der Waals surface area contributed by atoms with E-state index in [9.17, 15) is 18.3 Å². The van der Waals surface area contributed by atoms with Crippen molar-refractivity contribution < 1.29 is 18.3 Å². The zero-order chi connectivity index (χ0) is 10.9. The fourth-order valence-corrected chi connectivity index (χ4v) is 1.09. The maximum Gasteiger partial charge on any atom is 0.407 e. The fraction of sp³-hybridized carbons (Fsp3) is 0.333. The molecule has 0 unspecified atom stereocenters. The molecule has 0 aromatic heterocycles. The van der Waals surface area contributed by atoms with Crippen molar-refractivity contribution in [3.63, 3.8) is 0 Å². The van der Waals surface area contributed by atoms with Crippen molar-refractivity contribution in [1.29, 1.82) is 0 Å². The van der Waals surface area contributed by atoms with Crippen LogP contribution < -0.4 is 5.73 Å². The summed E-state index contributed by atoms with van der Waals surface area (Å²) >= 11 is 0. The highest BCUT2D eigenvalue weighted by atomic mass is 35.5. The number of hydrogen-bond donors (Lipinski definition) is 2. The first-order valence-electron chi connectivity index (χ1n) is 3.94. The fourth-order valence-electron chi connectivity index (χ4n) is 1.09. The van der Waals surface area contributed by atoms with Gasteiger partial charge in [0.1, 0.15) is 11.8 Å². The molecule has 0 amide bonds. The molecule has 0 heterocycles. The van der Waals surface area contributed by atoms with Crippen molar-refractivity contribution in [3.05, 3.63) is 29.3 Å². The molecule has 0 aliphatic heterocycles. The summed E-state index contributed by atoms with van der Waals surface area (Å²) in [6.07, 6.45) is -4.53. The van der Waals surface area contributed by atoms with Gasteiger partial charge in [0.25, 0.3) is 0 Å². The van der Waals surface area contributed by atoms with E-state index in [1.165, 1.54) is 18.2 Å². The number of halogens is 4. The summed E-state index contributed by atoms with van der Waals surface area (Å²) in [5.41, 5.74) is 5.32. The van der Waals surface area contributed by atoms with Gasteiger partial charge < -0.3 is 10.8 Å². The van der Waals surface area contributed by atoms with Gasteiger partial charge >= 0.3 is 6.18 Å². The molecule has 2 nitrogen and oxygen atoms in total. The highest BCUT2D eigenvalue weighted by Crippen LogP contribution is 2.34. The second kappa shape index (κ2) is 4.72. The Hall–Kier alpha value is -0.940. The number of alkyl halides is 3. The molecule has 86 valence electrons. The topological polar surface area (TPSA) is 46.2 Å². The molecular formula is C9H11ClF3NO. The molecule has 0 fully saturated rings. The maximum absolute atomic E-state index is 12.2. The van der Waals surface area contributed by atoms with E-state index in [4.69, 9.17) is 5.73 Å². The molecular weight excluding hydrogens is 231 g/mol. The lowest BCUT2D eigenvalue weighted by molar-refractivity contribution is -0.149. The van der Waals surface area contributed by atoms with Crippen molar-refractivity contribution in [2.24, 2.45) is 5.73 Å². The summed E-state index contributed by atoms with van der Waals surface area (Å²) in [7, 11) is 0. The van der Waals surface area contributed by atoms with E-state index in [-0.39, 0.29) is 18.0 Å². The maximum atomic E-state index is 12.2. The van der Waals surface area contributed by atoms with Gasteiger partial charge in [0.05, 0.1) is 0 Å². The van der Waals surface area contributed by atoms with E-state index in [1.54, 1.807) is 6.92 Å². The van der Waals surface area contributed by atoms with Crippen LogP contribution in [0.1, 0.15) is 17.2 Å². The smallest absolute Gasteiger partial charge is 0.407 e. The van der Waals surface area contributed by atoms with Crippen LogP contribution in [0.25, 0.3) is 0 Å². The van der Waals surface area contributed by atoms with Gasteiger partial charge in [-0.25, -0.2) is 0 Å². The van der Waals surface area contributed by atoms with Gasteiger partial charge in [0, 0.05) is 5.56 Å². The van der Waals surface area contributed by atoms with Crippen LogP contribution in [0.3, 0.4) is 0 Å². The van der Waals surface area contributed by atoms with Crippen LogP contribution in [-0.4, -0.2) is 11.3 Å². The highest BCUT2D eigenvalue weighted by molar-refractivity contribution is 5.85. The number of nitrogens with two attached hydrogens (primary N) is 1. The Labute approximate surface area is 91.3 Å². The summed E-state index contributed by atoms with van der Waals surface area (Å²) in [6.45, 7) is 1.67. The van der Waals surface area contributed by atoms with Crippen molar-refractivity contribution in [1.82, 2.24) is 0 Å². The Balaban J connectivity index is 0.00000196. The molecule has 3 N–H and O–H groups in total. The van der Waals surface area contributed by atoms with Gasteiger partial charge in [-0.2, -0.15) is 13.2 Å². The standard InChI is InChI=1S/C9H10F3NO.ClH/c1-5-2-3-6(7(14)4-5)8(13)9(10,11)12;/h2-4,8,14H,13H2,1H3;1H/t8-;/m1./s1. The van der Waals surface area contributed by atoms with Crippen LogP contribution >= 0.6 is 12.4 Å². The molecule has 0 saturated carbocycles. The lowest BCUT2D eigenvalue weighted by atomic mass is 10.0. The summed E-state index contributed by atoms with van der Waals surface area (Å²) in [5.74, 6) is -0.421. The number of hydrogen-bond acceptors (Lipinski definition) is 2. The Bertz CT molecular complexity index is 341. The Morgan fingerprint density at radius 3 is 2.27 bits per heavy atom. The number of phenolic OH excluding ortho intramolecular Hbond substituents is 1. The van der Waals surface area contributed by atoms with E-state index >= 15 is 0 Å². The predicted molar refractivity (Wildman–Crippen MR) is 53.1 cm³/mol. The highest BCUT2D eigenvalue weighted by Gasteiger charge is 2.39. The minimum atomic E-state index is -4.53. The molecule has 0 bridgehead atoms. The summed E-state index contributed by atoms with van der Waals surface area (Å²) in [5, 5.41) is 9.25. The van der Waals surface area contributed by atoms with Gasteiger partial charge in [0.2, 0.25) is 0 Å². The van der Waals surface area contributed by atoms with Crippen LogP contribution in [0.4, 0.5) is 13.2 Å². The van der Waals surface area contributed by atoms with Gasteiger partial charge in [-0.3, -0.25) is 0 Å². The monoisotopic (exact) mass is 241 g/mol. The van der Waals surface area contributed by atoms with E-state index < -0.39 is 18.0 Å². The Kier molecular flexibility index (Phi) is 4.42. The average Bonchev–Trinajstić information content (AvgIpc) is 2.01. The summed E-state index contributed by atoms with van der Waals surface area (Å²) in [4.78, 5) is 0. The van der Waals surface area contributed by atoms with E-state index in [2.05, 4.69) is 0 Å². The quantitative estimate of drug-likeness (QED) is 0.794. The van der Waals surface area contributed by atoms with E-state index in [0.717, 1.165) is 0 Å². The number of rotatable bonds is 1. The zero-order valence-corrected chi connectivity index (χ0v) is 8.69. The first-order chi connectivity index (χ1) is 6.32. The molecule has 1 rings (SSSR count). The molecule has 1 aromatic rings. The molecule has 0 aliphatic carbocycles. The molecule has 15 heavy (non-hydrogen) atoms. The third-order valence-electron chi connectivity index (χ3n) is 1.87.